The number of para-hydroxylation sites is 1. The molecule has 100 valence electrons. The summed E-state index contributed by atoms with van der Waals surface area (Å²) in [4.78, 5) is 4.30. The van der Waals surface area contributed by atoms with Gasteiger partial charge in [0, 0.05) is 30.0 Å². The summed E-state index contributed by atoms with van der Waals surface area (Å²) in [6.45, 7) is 4.93. The van der Waals surface area contributed by atoms with Crippen molar-refractivity contribution in [3.8, 4) is 5.75 Å². The van der Waals surface area contributed by atoms with Crippen LogP contribution in [0.15, 0.2) is 42.6 Å². The van der Waals surface area contributed by atoms with Crippen molar-refractivity contribution in [1.82, 2.24) is 10.3 Å². The number of nitrogens with one attached hydrogen (secondary N) is 1. The minimum Gasteiger partial charge on any atom is -0.496 e. The largest absolute Gasteiger partial charge is 0.496 e. The fourth-order valence-corrected chi connectivity index (χ4v) is 2.01. The van der Waals surface area contributed by atoms with Crippen molar-refractivity contribution in [2.24, 2.45) is 0 Å². The first-order valence-corrected chi connectivity index (χ1v) is 6.48. The van der Waals surface area contributed by atoms with Gasteiger partial charge in [0.2, 0.25) is 0 Å². The van der Waals surface area contributed by atoms with Crippen LogP contribution in [-0.4, -0.2) is 12.1 Å². The minimum absolute atomic E-state index is 0.234. The van der Waals surface area contributed by atoms with Gasteiger partial charge in [0.15, 0.2) is 0 Å². The molecular formula is C16H20N2O. The van der Waals surface area contributed by atoms with Crippen LogP contribution in [0.5, 0.6) is 5.75 Å². The van der Waals surface area contributed by atoms with E-state index >= 15 is 0 Å². The molecular weight excluding hydrogens is 236 g/mol. The highest BCUT2D eigenvalue weighted by molar-refractivity contribution is 5.35. The van der Waals surface area contributed by atoms with Crippen molar-refractivity contribution < 1.29 is 4.74 Å². The smallest absolute Gasteiger partial charge is 0.123 e. The zero-order valence-corrected chi connectivity index (χ0v) is 11.7. The van der Waals surface area contributed by atoms with Crippen molar-refractivity contribution in [3.63, 3.8) is 0 Å². The Balaban J connectivity index is 2.01. The molecule has 0 fully saturated rings. The van der Waals surface area contributed by atoms with E-state index in [4.69, 9.17) is 4.74 Å². The van der Waals surface area contributed by atoms with Gasteiger partial charge in [-0.1, -0.05) is 24.3 Å². The zero-order valence-electron chi connectivity index (χ0n) is 11.7. The monoisotopic (exact) mass is 256 g/mol. The Kier molecular flexibility index (Phi) is 4.53. The molecule has 2 aromatic rings. The summed E-state index contributed by atoms with van der Waals surface area (Å²) in [5.41, 5.74) is 3.40. The Bertz CT molecular complexity index is 523. The summed E-state index contributed by atoms with van der Waals surface area (Å²) in [5, 5.41) is 3.49. The number of methoxy groups -OCH3 is 1. The maximum Gasteiger partial charge on any atom is 0.123 e. The number of benzene rings is 1. The van der Waals surface area contributed by atoms with Crippen LogP contribution >= 0.6 is 0 Å². The van der Waals surface area contributed by atoms with Crippen molar-refractivity contribution >= 4 is 0 Å². The highest BCUT2D eigenvalue weighted by Gasteiger charge is 2.09. The molecule has 0 bridgehead atoms. The predicted molar refractivity (Wildman–Crippen MR) is 77.2 cm³/mol. The number of pyridine rings is 1. The van der Waals surface area contributed by atoms with E-state index in [1.54, 1.807) is 7.11 Å². The highest BCUT2D eigenvalue weighted by atomic mass is 16.5. The summed E-state index contributed by atoms with van der Waals surface area (Å²) in [6.07, 6.45) is 1.91. The van der Waals surface area contributed by atoms with Crippen LogP contribution in [-0.2, 0) is 6.54 Å². The van der Waals surface area contributed by atoms with E-state index in [2.05, 4.69) is 29.4 Å². The maximum absolute atomic E-state index is 5.38. The third-order valence-corrected chi connectivity index (χ3v) is 3.19. The molecule has 0 saturated carbocycles. The third kappa shape index (κ3) is 3.55. The van der Waals surface area contributed by atoms with Crippen molar-refractivity contribution in [2.75, 3.05) is 7.11 Å². The second-order valence-corrected chi connectivity index (χ2v) is 4.65. The van der Waals surface area contributed by atoms with Gasteiger partial charge in [-0.25, -0.2) is 0 Å². The van der Waals surface area contributed by atoms with Gasteiger partial charge in [0.1, 0.15) is 5.75 Å². The lowest BCUT2D eigenvalue weighted by Crippen LogP contribution is -2.18. The lowest BCUT2D eigenvalue weighted by molar-refractivity contribution is 0.401. The second-order valence-electron chi connectivity index (χ2n) is 4.65. The van der Waals surface area contributed by atoms with Crippen molar-refractivity contribution in [2.45, 2.75) is 26.4 Å². The van der Waals surface area contributed by atoms with E-state index in [1.165, 1.54) is 11.1 Å². The van der Waals surface area contributed by atoms with Gasteiger partial charge in [-0.15, -0.1) is 0 Å². The van der Waals surface area contributed by atoms with Crippen LogP contribution in [0.2, 0.25) is 0 Å². The number of hydrogen-bond acceptors (Lipinski definition) is 3. The molecule has 0 saturated heterocycles. The van der Waals surface area contributed by atoms with Gasteiger partial charge in [-0.3, -0.25) is 4.98 Å². The molecule has 1 atom stereocenters. The molecule has 2 rings (SSSR count). The molecule has 3 heteroatoms. The number of nitrogens with zero attached hydrogens (tertiary/aromatic N) is 1. The van der Waals surface area contributed by atoms with E-state index < -0.39 is 0 Å². The molecule has 0 aliphatic carbocycles. The van der Waals surface area contributed by atoms with E-state index in [-0.39, 0.29) is 6.04 Å². The van der Waals surface area contributed by atoms with Crippen LogP contribution in [0.25, 0.3) is 0 Å². The SMILES string of the molecule is COc1ccccc1C(C)NCc1ccc(C)nc1. The van der Waals surface area contributed by atoms with E-state index in [1.807, 2.05) is 37.4 Å². The summed E-state index contributed by atoms with van der Waals surface area (Å²) in [7, 11) is 1.70. The van der Waals surface area contributed by atoms with Crippen LogP contribution < -0.4 is 10.1 Å². The first-order chi connectivity index (χ1) is 9.20. The summed E-state index contributed by atoms with van der Waals surface area (Å²) in [6, 6.07) is 12.5. The zero-order chi connectivity index (χ0) is 13.7. The fourth-order valence-electron chi connectivity index (χ4n) is 2.01. The number of ether oxygens (including phenoxy) is 1. The number of rotatable bonds is 5. The highest BCUT2D eigenvalue weighted by Crippen LogP contribution is 2.24. The molecule has 1 heterocycles. The molecule has 1 aromatic heterocycles. The molecule has 0 amide bonds. The normalized spacial score (nSPS) is 12.2. The Morgan fingerprint density at radius 1 is 1.21 bits per heavy atom. The number of hydrogen-bond donors (Lipinski definition) is 1. The predicted octanol–water partition coefficient (Wildman–Crippen LogP) is 3.25. The van der Waals surface area contributed by atoms with Crippen molar-refractivity contribution in [1.29, 1.82) is 0 Å². The van der Waals surface area contributed by atoms with Gasteiger partial charge in [-0.2, -0.15) is 0 Å². The molecule has 1 unspecified atom stereocenters. The molecule has 1 aromatic carbocycles. The van der Waals surface area contributed by atoms with Gasteiger partial charge >= 0.3 is 0 Å². The molecule has 1 N–H and O–H groups in total. The average Bonchev–Trinajstić information content (AvgIpc) is 2.46. The Hall–Kier alpha value is -1.87. The summed E-state index contributed by atoms with van der Waals surface area (Å²) < 4.78 is 5.38. The van der Waals surface area contributed by atoms with Gasteiger partial charge in [0.25, 0.3) is 0 Å². The third-order valence-electron chi connectivity index (χ3n) is 3.19. The molecule has 0 aliphatic rings. The summed E-state index contributed by atoms with van der Waals surface area (Å²) >= 11 is 0. The Morgan fingerprint density at radius 3 is 2.68 bits per heavy atom. The topological polar surface area (TPSA) is 34.1 Å². The molecule has 0 aliphatic heterocycles. The van der Waals surface area contributed by atoms with Crippen LogP contribution in [0, 0.1) is 6.92 Å². The maximum atomic E-state index is 5.38. The molecule has 19 heavy (non-hydrogen) atoms. The summed E-state index contributed by atoms with van der Waals surface area (Å²) in [5.74, 6) is 0.921. The van der Waals surface area contributed by atoms with Crippen molar-refractivity contribution in [3.05, 3.63) is 59.4 Å². The van der Waals surface area contributed by atoms with E-state index in [9.17, 15) is 0 Å². The fraction of sp³-hybridized carbons (Fsp3) is 0.312. The Morgan fingerprint density at radius 2 is 2.00 bits per heavy atom. The standard InChI is InChI=1S/C16H20N2O/c1-12-8-9-14(10-17-12)11-18-13(2)15-6-4-5-7-16(15)19-3/h4-10,13,18H,11H2,1-3H3. The van der Waals surface area contributed by atoms with Crippen LogP contribution in [0.4, 0.5) is 0 Å². The minimum atomic E-state index is 0.234. The van der Waals surface area contributed by atoms with E-state index in [0.717, 1.165) is 18.0 Å². The molecule has 0 spiro atoms. The second kappa shape index (κ2) is 6.34. The van der Waals surface area contributed by atoms with Crippen LogP contribution in [0.3, 0.4) is 0 Å². The van der Waals surface area contributed by atoms with E-state index in [0.29, 0.717) is 0 Å². The average molecular weight is 256 g/mol. The quantitative estimate of drug-likeness (QED) is 0.891. The first kappa shape index (κ1) is 13.6. The lowest BCUT2D eigenvalue weighted by Gasteiger charge is -2.17. The lowest BCUT2D eigenvalue weighted by atomic mass is 10.1. The van der Waals surface area contributed by atoms with Gasteiger partial charge in [-0.05, 0) is 31.5 Å². The van der Waals surface area contributed by atoms with Gasteiger partial charge < -0.3 is 10.1 Å². The molecule has 0 radical (unpaired) electrons. The Labute approximate surface area is 114 Å². The number of aryl methyl sites for hydroxylation is 1. The van der Waals surface area contributed by atoms with Gasteiger partial charge in [0.05, 0.1) is 7.11 Å². The molecule has 3 nitrogen and oxygen atoms in total. The first-order valence-electron chi connectivity index (χ1n) is 6.48. The van der Waals surface area contributed by atoms with Crippen LogP contribution in [0.1, 0.15) is 29.8 Å². The number of aromatic nitrogens is 1.